The molecule has 0 unspecified atom stereocenters. The second kappa shape index (κ2) is 9.09. The first-order valence-electron chi connectivity index (χ1n) is 9.87. The first-order chi connectivity index (χ1) is 16.4. The molecule has 172 valence electrons. The van der Waals surface area contributed by atoms with E-state index < -0.39 is 23.6 Å². The Hall–Kier alpha value is -3.40. The summed E-state index contributed by atoms with van der Waals surface area (Å²) >= 11 is 13.0. The number of benzene rings is 2. The fourth-order valence-corrected chi connectivity index (χ4v) is 4.55. The first kappa shape index (κ1) is 22.4. The Morgan fingerprint density at radius 1 is 1.06 bits per heavy atom. The van der Waals surface area contributed by atoms with Gasteiger partial charge in [0.25, 0.3) is 11.1 Å². The number of rotatable bonds is 5. The number of amides is 3. The van der Waals surface area contributed by atoms with Crippen molar-refractivity contribution in [2.45, 2.75) is 0 Å². The zero-order valence-electron chi connectivity index (χ0n) is 17.2. The van der Waals surface area contributed by atoms with Crippen molar-refractivity contribution >= 4 is 63.8 Å². The molecule has 0 saturated carbocycles. The zero-order valence-corrected chi connectivity index (χ0v) is 19.5. The van der Waals surface area contributed by atoms with E-state index in [9.17, 15) is 14.4 Å². The molecule has 0 aliphatic carbocycles. The molecule has 1 fully saturated rings. The summed E-state index contributed by atoms with van der Waals surface area (Å²) in [5, 5.41) is 3.05. The highest BCUT2D eigenvalue weighted by molar-refractivity contribution is 8.18. The van der Waals surface area contributed by atoms with E-state index in [1.165, 1.54) is 6.08 Å². The van der Waals surface area contributed by atoms with Crippen molar-refractivity contribution < 1.29 is 28.3 Å². The van der Waals surface area contributed by atoms with Crippen molar-refractivity contribution in [3.63, 3.8) is 0 Å². The van der Waals surface area contributed by atoms with Gasteiger partial charge in [0.2, 0.25) is 12.7 Å². The number of anilines is 1. The Morgan fingerprint density at radius 2 is 1.88 bits per heavy atom. The van der Waals surface area contributed by atoms with Crippen LogP contribution >= 0.6 is 35.0 Å². The number of hydrogen-bond acceptors (Lipinski definition) is 7. The standard InChI is InChI=1S/C23H14Cl2N2O6S/c24-12-1-4-16(25)15(7-12)17-6-3-14(33-17)9-20-22(29)27(23(30)34-20)10-21(28)26-13-2-5-18-19(8-13)32-11-31-18/h1-9H,10-11H2,(H,26,28)/b20-9+. The maximum atomic E-state index is 12.8. The fourth-order valence-electron chi connectivity index (χ4n) is 3.35. The van der Waals surface area contributed by atoms with E-state index in [-0.39, 0.29) is 11.7 Å². The van der Waals surface area contributed by atoms with Crippen LogP contribution < -0.4 is 14.8 Å². The van der Waals surface area contributed by atoms with E-state index in [4.69, 9.17) is 37.1 Å². The highest BCUT2D eigenvalue weighted by atomic mass is 35.5. The third-order valence-electron chi connectivity index (χ3n) is 4.93. The largest absolute Gasteiger partial charge is 0.457 e. The van der Waals surface area contributed by atoms with Gasteiger partial charge in [-0.05, 0) is 54.2 Å². The van der Waals surface area contributed by atoms with E-state index in [2.05, 4.69) is 5.32 Å². The number of furan rings is 1. The van der Waals surface area contributed by atoms with Crippen LogP contribution in [0.3, 0.4) is 0 Å². The summed E-state index contributed by atoms with van der Waals surface area (Å²) in [5.74, 6) is 0.770. The summed E-state index contributed by atoms with van der Waals surface area (Å²) in [6, 6.07) is 13.2. The van der Waals surface area contributed by atoms with Gasteiger partial charge in [-0.1, -0.05) is 23.2 Å². The Bertz CT molecular complexity index is 1370. The van der Waals surface area contributed by atoms with Crippen LogP contribution in [0.2, 0.25) is 10.0 Å². The summed E-state index contributed by atoms with van der Waals surface area (Å²) in [4.78, 5) is 38.6. The molecule has 1 saturated heterocycles. The van der Waals surface area contributed by atoms with Gasteiger partial charge in [-0.25, -0.2) is 0 Å². The Kier molecular flexibility index (Phi) is 5.99. The molecule has 2 aliphatic heterocycles. The molecule has 34 heavy (non-hydrogen) atoms. The molecule has 2 aliphatic rings. The van der Waals surface area contributed by atoms with Crippen molar-refractivity contribution in [3.05, 3.63) is 69.2 Å². The minimum Gasteiger partial charge on any atom is -0.457 e. The molecule has 3 amide bonds. The SMILES string of the molecule is O=C(CN1C(=O)S/C(=C/c2ccc(-c3cc(Cl)ccc3Cl)o2)C1=O)Nc1ccc2c(c1)OCO2. The van der Waals surface area contributed by atoms with Crippen LogP contribution in [0.15, 0.2) is 57.9 Å². The van der Waals surface area contributed by atoms with Gasteiger partial charge in [0, 0.05) is 28.4 Å². The average Bonchev–Trinajstić information content (AvgIpc) is 3.52. The average molecular weight is 517 g/mol. The van der Waals surface area contributed by atoms with E-state index in [1.807, 2.05) is 0 Å². The monoisotopic (exact) mass is 516 g/mol. The number of nitrogens with zero attached hydrogens (tertiary/aromatic N) is 1. The van der Waals surface area contributed by atoms with Crippen LogP contribution in [0.4, 0.5) is 10.5 Å². The maximum absolute atomic E-state index is 12.8. The molecular weight excluding hydrogens is 503 g/mol. The molecule has 5 rings (SSSR count). The number of carbonyl (C=O) groups excluding carboxylic acids is 3. The number of nitrogens with one attached hydrogen (secondary N) is 1. The number of ether oxygens (including phenoxy) is 2. The van der Waals surface area contributed by atoms with Gasteiger partial charge >= 0.3 is 0 Å². The molecular formula is C23H14Cl2N2O6S. The molecule has 8 nitrogen and oxygen atoms in total. The fraction of sp³-hybridized carbons (Fsp3) is 0.0870. The summed E-state index contributed by atoms with van der Waals surface area (Å²) < 4.78 is 16.3. The first-order valence-corrected chi connectivity index (χ1v) is 11.4. The van der Waals surface area contributed by atoms with Crippen molar-refractivity contribution in [1.29, 1.82) is 0 Å². The van der Waals surface area contributed by atoms with Gasteiger partial charge < -0.3 is 19.2 Å². The summed E-state index contributed by atoms with van der Waals surface area (Å²) in [6.07, 6.45) is 1.45. The number of hydrogen-bond donors (Lipinski definition) is 1. The number of thioether (sulfide) groups is 1. The highest BCUT2D eigenvalue weighted by Gasteiger charge is 2.36. The normalized spacial score (nSPS) is 15.9. The lowest BCUT2D eigenvalue weighted by Crippen LogP contribution is -2.36. The summed E-state index contributed by atoms with van der Waals surface area (Å²) in [6.45, 7) is -0.322. The van der Waals surface area contributed by atoms with Crippen molar-refractivity contribution in [2.24, 2.45) is 0 Å². The number of carbonyl (C=O) groups is 3. The Morgan fingerprint density at radius 3 is 2.74 bits per heavy atom. The molecule has 0 bridgehead atoms. The molecule has 3 heterocycles. The number of halogens is 2. The second-order valence-corrected chi connectivity index (χ2v) is 9.05. The second-order valence-electron chi connectivity index (χ2n) is 7.21. The zero-order chi connectivity index (χ0) is 23.8. The molecule has 11 heteroatoms. The maximum Gasteiger partial charge on any atom is 0.294 e. The van der Waals surface area contributed by atoms with Crippen molar-refractivity contribution in [1.82, 2.24) is 4.90 Å². The quantitative estimate of drug-likeness (QED) is 0.437. The van der Waals surface area contributed by atoms with Gasteiger partial charge in [0.05, 0.1) is 9.93 Å². The Labute approximate surface area is 207 Å². The predicted molar refractivity (Wildman–Crippen MR) is 128 cm³/mol. The molecule has 2 aromatic carbocycles. The molecule has 1 N–H and O–H groups in total. The van der Waals surface area contributed by atoms with E-state index in [1.54, 1.807) is 48.5 Å². The molecule has 0 radical (unpaired) electrons. The van der Waals surface area contributed by atoms with Crippen LogP contribution in [0.5, 0.6) is 11.5 Å². The lowest BCUT2D eigenvalue weighted by Gasteiger charge is -2.12. The lowest BCUT2D eigenvalue weighted by atomic mass is 10.2. The van der Waals surface area contributed by atoms with Gasteiger partial charge in [-0.15, -0.1) is 0 Å². The topological polar surface area (TPSA) is 98.1 Å². The minimum absolute atomic E-state index is 0.110. The third kappa shape index (κ3) is 4.50. The molecule has 0 spiro atoms. The van der Waals surface area contributed by atoms with Crippen molar-refractivity contribution in [3.8, 4) is 22.8 Å². The summed E-state index contributed by atoms with van der Waals surface area (Å²) in [5.41, 5.74) is 1.06. The highest BCUT2D eigenvalue weighted by Crippen LogP contribution is 2.36. The predicted octanol–water partition coefficient (Wildman–Crippen LogP) is 5.66. The van der Waals surface area contributed by atoms with Crippen LogP contribution in [0, 0.1) is 0 Å². The number of imide groups is 1. The van der Waals surface area contributed by atoms with Gasteiger partial charge in [-0.2, -0.15) is 0 Å². The van der Waals surface area contributed by atoms with Crippen LogP contribution in [0.1, 0.15) is 5.76 Å². The van der Waals surface area contributed by atoms with Crippen LogP contribution in [-0.4, -0.2) is 35.3 Å². The molecule has 0 atom stereocenters. The molecule has 1 aromatic heterocycles. The van der Waals surface area contributed by atoms with Crippen molar-refractivity contribution in [2.75, 3.05) is 18.7 Å². The van der Waals surface area contributed by atoms with Gasteiger partial charge in [0.15, 0.2) is 11.5 Å². The third-order valence-corrected chi connectivity index (χ3v) is 6.40. The number of fused-ring (bicyclic) bond motifs is 1. The van der Waals surface area contributed by atoms with Gasteiger partial charge in [-0.3, -0.25) is 19.3 Å². The van der Waals surface area contributed by atoms with E-state index in [0.29, 0.717) is 44.3 Å². The van der Waals surface area contributed by atoms with Crippen LogP contribution in [-0.2, 0) is 9.59 Å². The summed E-state index contributed by atoms with van der Waals surface area (Å²) in [7, 11) is 0. The smallest absolute Gasteiger partial charge is 0.294 e. The minimum atomic E-state index is -0.588. The van der Waals surface area contributed by atoms with Gasteiger partial charge in [0.1, 0.15) is 18.1 Å². The van der Waals surface area contributed by atoms with E-state index >= 15 is 0 Å². The van der Waals surface area contributed by atoms with Crippen LogP contribution in [0.25, 0.3) is 17.4 Å². The Balaban J connectivity index is 1.27. The van der Waals surface area contributed by atoms with E-state index in [0.717, 1.165) is 16.7 Å². The molecule has 3 aromatic rings. The lowest BCUT2D eigenvalue weighted by molar-refractivity contribution is -0.127.